The van der Waals surface area contributed by atoms with E-state index in [0.29, 0.717) is 18.8 Å². The van der Waals surface area contributed by atoms with Crippen LogP contribution in [0.1, 0.15) is 43.4 Å². The molecule has 1 unspecified atom stereocenters. The first-order valence-corrected chi connectivity index (χ1v) is 11.1. The van der Waals surface area contributed by atoms with Crippen LogP contribution in [0.25, 0.3) is 0 Å². The Hall–Kier alpha value is -2.34. The summed E-state index contributed by atoms with van der Waals surface area (Å²) < 4.78 is 6.70. The van der Waals surface area contributed by atoms with E-state index in [2.05, 4.69) is 34.2 Å². The summed E-state index contributed by atoms with van der Waals surface area (Å²) in [7, 11) is 0. The molecule has 0 radical (unpaired) electrons. The summed E-state index contributed by atoms with van der Waals surface area (Å²) >= 11 is 3.46. The molecule has 0 aliphatic rings. The van der Waals surface area contributed by atoms with Gasteiger partial charge in [-0.05, 0) is 68.1 Å². The molecule has 0 bridgehead atoms. The van der Waals surface area contributed by atoms with E-state index in [1.54, 1.807) is 11.8 Å². The summed E-state index contributed by atoms with van der Waals surface area (Å²) in [6.45, 7) is 8.63. The lowest BCUT2D eigenvalue weighted by Crippen LogP contribution is -2.49. The van der Waals surface area contributed by atoms with Crippen molar-refractivity contribution in [2.24, 2.45) is 0 Å². The highest BCUT2D eigenvalue weighted by molar-refractivity contribution is 9.10. The van der Waals surface area contributed by atoms with Crippen LogP contribution in [0.2, 0.25) is 0 Å². The molecule has 0 aliphatic carbocycles. The summed E-state index contributed by atoms with van der Waals surface area (Å²) in [5.74, 6) is 0.272. The van der Waals surface area contributed by atoms with Gasteiger partial charge in [0.25, 0.3) is 5.91 Å². The molecule has 2 rings (SSSR count). The molecule has 0 saturated carbocycles. The van der Waals surface area contributed by atoms with Gasteiger partial charge in [0.2, 0.25) is 5.91 Å². The van der Waals surface area contributed by atoms with Crippen LogP contribution in [0, 0.1) is 13.8 Å². The number of hydrogen-bond acceptors (Lipinski definition) is 3. The highest BCUT2D eigenvalue weighted by Crippen LogP contribution is 2.18. The first kappa shape index (κ1) is 23.9. The van der Waals surface area contributed by atoms with Crippen molar-refractivity contribution < 1.29 is 14.3 Å². The van der Waals surface area contributed by atoms with E-state index in [4.69, 9.17) is 4.74 Å². The first-order valence-electron chi connectivity index (χ1n) is 10.3. The van der Waals surface area contributed by atoms with Gasteiger partial charge in [0, 0.05) is 17.6 Å². The van der Waals surface area contributed by atoms with E-state index < -0.39 is 6.04 Å². The number of benzene rings is 2. The lowest BCUT2D eigenvalue weighted by molar-refractivity contribution is -0.142. The molecule has 6 heteroatoms. The molecule has 0 heterocycles. The SMILES string of the molecule is CCCCNC(=O)C(C)N(Cc1cccc(Br)c1)C(=O)COc1cc(C)cc(C)c1. The molecule has 0 fully saturated rings. The summed E-state index contributed by atoms with van der Waals surface area (Å²) in [5.41, 5.74) is 3.09. The lowest BCUT2D eigenvalue weighted by Gasteiger charge is -2.29. The predicted molar refractivity (Wildman–Crippen MR) is 123 cm³/mol. The maximum atomic E-state index is 13.1. The van der Waals surface area contributed by atoms with Crippen molar-refractivity contribution in [3.8, 4) is 5.75 Å². The van der Waals surface area contributed by atoms with Crippen LogP contribution < -0.4 is 10.1 Å². The highest BCUT2D eigenvalue weighted by Gasteiger charge is 2.26. The van der Waals surface area contributed by atoms with Crippen molar-refractivity contribution in [2.75, 3.05) is 13.2 Å². The topological polar surface area (TPSA) is 58.6 Å². The average molecular weight is 475 g/mol. The van der Waals surface area contributed by atoms with E-state index >= 15 is 0 Å². The maximum absolute atomic E-state index is 13.1. The molecule has 5 nitrogen and oxygen atoms in total. The third-order valence-electron chi connectivity index (χ3n) is 4.80. The van der Waals surface area contributed by atoms with Crippen LogP contribution in [-0.2, 0) is 16.1 Å². The quantitative estimate of drug-likeness (QED) is 0.504. The zero-order chi connectivity index (χ0) is 22.1. The highest BCUT2D eigenvalue weighted by atomic mass is 79.9. The minimum Gasteiger partial charge on any atom is -0.484 e. The Morgan fingerprint density at radius 2 is 1.83 bits per heavy atom. The van der Waals surface area contributed by atoms with E-state index in [-0.39, 0.29) is 18.4 Å². The van der Waals surface area contributed by atoms with E-state index in [0.717, 1.165) is 34.0 Å². The summed E-state index contributed by atoms with van der Waals surface area (Å²) in [6.07, 6.45) is 1.91. The minimum atomic E-state index is -0.601. The third kappa shape index (κ3) is 7.48. The molecule has 30 heavy (non-hydrogen) atoms. The smallest absolute Gasteiger partial charge is 0.261 e. The number of nitrogens with one attached hydrogen (secondary N) is 1. The van der Waals surface area contributed by atoms with Gasteiger partial charge < -0.3 is 15.0 Å². The second kappa shape index (κ2) is 11.7. The molecule has 0 aliphatic heterocycles. The van der Waals surface area contributed by atoms with E-state index in [1.807, 2.05) is 50.2 Å². The number of ether oxygens (including phenoxy) is 1. The van der Waals surface area contributed by atoms with E-state index in [1.165, 1.54) is 0 Å². The summed E-state index contributed by atoms with van der Waals surface area (Å²) in [5, 5.41) is 2.92. The number of nitrogens with zero attached hydrogens (tertiary/aromatic N) is 1. The number of carbonyl (C=O) groups is 2. The first-order chi connectivity index (χ1) is 14.3. The zero-order valence-corrected chi connectivity index (χ0v) is 19.8. The Balaban J connectivity index is 2.13. The lowest BCUT2D eigenvalue weighted by atomic mass is 10.1. The molecular formula is C24H31BrN2O3. The average Bonchev–Trinajstić information content (AvgIpc) is 2.69. The molecule has 162 valence electrons. The number of carbonyl (C=O) groups excluding carboxylic acids is 2. The fraction of sp³-hybridized carbons (Fsp3) is 0.417. The molecule has 1 N–H and O–H groups in total. The van der Waals surface area contributed by atoms with Gasteiger partial charge >= 0.3 is 0 Å². The number of halogens is 1. The van der Waals surface area contributed by atoms with Crippen LogP contribution in [0.15, 0.2) is 46.9 Å². The van der Waals surface area contributed by atoms with Gasteiger partial charge in [0.15, 0.2) is 6.61 Å². The Morgan fingerprint density at radius 3 is 2.47 bits per heavy atom. The standard InChI is InChI=1S/C24H31BrN2O3/c1-5-6-10-26-24(29)19(4)27(15-20-8-7-9-21(25)14-20)23(28)16-30-22-12-17(2)11-18(3)13-22/h7-9,11-14,19H,5-6,10,15-16H2,1-4H3,(H,26,29). The van der Waals surface area contributed by atoms with Crippen LogP contribution in [0.5, 0.6) is 5.75 Å². The van der Waals surface area contributed by atoms with Gasteiger partial charge in [0.05, 0.1) is 0 Å². The number of unbranched alkanes of at least 4 members (excludes halogenated alkanes) is 1. The largest absolute Gasteiger partial charge is 0.484 e. The van der Waals surface area contributed by atoms with Crippen molar-refractivity contribution >= 4 is 27.7 Å². The molecule has 2 amide bonds. The van der Waals surface area contributed by atoms with Gasteiger partial charge in [0.1, 0.15) is 11.8 Å². The summed E-state index contributed by atoms with van der Waals surface area (Å²) in [6, 6.07) is 13.0. The Labute approximate surface area is 187 Å². The molecule has 0 saturated heterocycles. The van der Waals surface area contributed by atoms with Crippen molar-refractivity contribution in [1.29, 1.82) is 0 Å². The van der Waals surface area contributed by atoms with Gasteiger partial charge in [-0.15, -0.1) is 0 Å². The van der Waals surface area contributed by atoms with Crippen LogP contribution in [0.3, 0.4) is 0 Å². The van der Waals surface area contributed by atoms with Gasteiger partial charge in [-0.1, -0.05) is 47.5 Å². The number of aryl methyl sites for hydroxylation is 2. The molecule has 0 aromatic heterocycles. The monoisotopic (exact) mass is 474 g/mol. The number of rotatable bonds is 10. The fourth-order valence-corrected chi connectivity index (χ4v) is 3.64. The molecule has 2 aromatic carbocycles. The fourth-order valence-electron chi connectivity index (χ4n) is 3.19. The molecule has 1 atom stereocenters. The zero-order valence-electron chi connectivity index (χ0n) is 18.2. The van der Waals surface area contributed by atoms with Crippen LogP contribution in [-0.4, -0.2) is 35.9 Å². The van der Waals surface area contributed by atoms with Crippen LogP contribution >= 0.6 is 15.9 Å². The number of hydrogen-bond donors (Lipinski definition) is 1. The van der Waals surface area contributed by atoms with Crippen molar-refractivity contribution in [1.82, 2.24) is 10.2 Å². The summed E-state index contributed by atoms with van der Waals surface area (Å²) in [4.78, 5) is 27.3. The second-order valence-corrected chi connectivity index (χ2v) is 8.50. The number of amides is 2. The maximum Gasteiger partial charge on any atom is 0.261 e. The van der Waals surface area contributed by atoms with Gasteiger partial charge in [-0.3, -0.25) is 9.59 Å². The molecular weight excluding hydrogens is 444 g/mol. The van der Waals surface area contributed by atoms with Crippen molar-refractivity contribution in [3.05, 3.63) is 63.6 Å². The third-order valence-corrected chi connectivity index (χ3v) is 5.29. The Morgan fingerprint density at radius 1 is 1.13 bits per heavy atom. The predicted octanol–water partition coefficient (Wildman–Crippen LogP) is 4.78. The van der Waals surface area contributed by atoms with Gasteiger partial charge in [-0.25, -0.2) is 0 Å². The minimum absolute atomic E-state index is 0.122. The van der Waals surface area contributed by atoms with E-state index in [9.17, 15) is 9.59 Å². The Bertz CT molecular complexity index is 849. The second-order valence-electron chi connectivity index (χ2n) is 7.58. The molecule has 0 spiro atoms. The van der Waals surface area contributed by atoms with Crippen molar-refractivity contribution in [3.63, 3.8) is 0 Å². The Kier molecular flexibility index (Phi) is 9.37. The van der Waals surface area contributed by atoms with Gasteiger partial charge in [-0.2, -0.15) is 0 Å². The molecule has 2 aromatic rings. The van der Waals surface area contributed by atoms with Crippen LogP contribution in [0.4, 0.5) is 0 Å². The normalized spacial score (nSPS) is 11.6. The van der Waals surface area contributed by atoms with Crippen molar-refractivity contribution in [2.45, 2.75) is 53.1 Å².